The molecule has 7 nitrogen and oxygen atoms in total. The van der Waals surface area contributed by atoms with Crippen molar-refractivity contribution in [1.82, 2.24) is 9.55 Å². The van der Waals surface area contributed by atoms with Gasteiger partial charge in [0.05, 0.1) is 9.79 Å². The summed E-state index contributed by atoms with van der Waals surface area (Å²) < 4.78 is 28.5. The van der Waals surface area contributed by atoms with Crippen LogP contribution in [0.3, 0.4) is 0 Å². The Balaban J connectivity index is 1.26. The van der Waals surface area contributed by atoms with Gasteiger partial charge < -0.3 is 9.88 Å². The van der Waals surface area contributed by atoms with E-state index in [4.69, 9.17) is 0 Å². The van der Waals surface area contributed by atoms with Crippen LogP contribution in [0.4, 0.5) is 5.69 Å². The van der Waals surface area contributed by atoms with Crippen molar-refractivity contribution in [2.24, 2.45) is 0 Å². The van der Waals surface area contributed by atoms with Crippen LogP contribution in [0.25, 0.3) is 11.4 Å². The van der Waals surface area contributed by atoms with Gasteiger partial charge in [0.2, 0.25) is 9.84 Å². The van der Waals surface area contributed by atoms with Crippen LogP contribution in [0, 0.1) is 0 Å². The van der Waals surface area contributed by atoms with Crippen LogP contribution in [0.2, 0.25) is 0 Å². The van der Waals surface area contributed by atoms with Crippen molar-refractivity contribution in [2.75, 3.05) is 5.32 Å². The normalized spacial score (nSPS) is 15.6. The summed E-state index contributed by atoms with van der Waals surface area (Å²) >= 11 is 0. The number of anilines is 1. The molecule has 4 aromatic rings. The molecule has 3 heterocycles. The maximum atomic E-state index is 13.1. The second kappa shape index (κ2) is 8.02. The lowest BCUT2D eigenvalue weighted by molar-refractivity contribution is 0.101. The summed E-state index contributed by atoms with van der Waals surface area (Å²) in [5.41, 5.74) is 3.17. The number of hydrogen-bond acceptors (Lipinski definition) is 5. The average molecular weight is 484 g/mol. The summed E-state index contributed by atoms with van der Waals surface area (Å²) in [4.78, 5) is 30.1. The van der Waals surface area contributed by atoms with Crippen LogP contribution in [-0.4, -0.2) is 29.7 Å². The summed E-state index contributed by atoms with van der Waals surface area (Å²) in [6, 6.07) is 17.7. The average Bonchev–Trinajstić information content (AvgIpc) is 3.32. The fourth-order valence-corrected chi connectivity index (χ4v) is 6.48. The first-order valence-corrected chi connectivity index (χ1v) is 12.9. The molecule has 2 aliphatic heterocycles. The largest absolute Gasteiger partial charge is 0.328 e. The molecule has 1 N–H and O–H groups in total. The molecular formula is C27H21N3O4S. The molecule has 35 heavy (non-hydrogen) atoms. The highest BCUT2D eigenvalue weighted by molar-refractivity contribution is 7.91. The molecule has 0 saturated heterocycles. The fourth-order valence-electron chi connectivity index (χ4n) is 4.80. The Morgan fingerprint density at radius 3 is 2.51 bits per heavy atom. The molecular weight excluding hydrogens is 462 g/mol. The van der Waals surface area contributed by atoms with Gasteiger partial charge in [-0.2, -0.15) is 0 Å². The molecule has 0 bridgehead atoms. The lowest BCUT2D eigenvalue weighted by Gasteiger charge is -2.19. The van der Waals surface area contributed by atoms with E-state index >= 15 is 0 Å². The topological polar surface area (TPSA) is 98.1 Å². The molecule has 1 aromatic heterocycles. The smallest absolute Gasteiger partial charge is 0.255 e. The number of ketones is 1. The van der Waals surface area contributed by atoms with Gasteiger partial charge in [0.25, 0.3) is 5.91 Å². The minimum absolute atomic E-state index is 0.0353. The van der Waals surface area contributed by atoms with E-state index in [0.29, 0.717) is 5.69 Å². The summed E-state index contributed by atoms with van der Waals surface area (Å²) in [6.07, 6.45) is 5.28. The van der Waals surface area contributed by atoms with Crippen molar-refractivity contribution in [3.63, 3.8) is 0 Å². The number of amides is 1. The lowest BCUT2D eigenvalue weighted by Crippen LogP contribution is -2.21. The zero-order valence-electron chi connectivity index (χ0n) is 18.7. The van der Waals surface area contributed by atoms with E-state index in [9.17, 15) is 18.0 Å². The van der Waals surface area contributed by atoms with Gasteiger partial charge in [0.15, 0.2) is 5.78 Å². The first kappa shape index (κ1) is 21.5. The number of sulfone groups is 1. The van der Waals surface area contributed by atoms with Gasteiger partial charge in [-0.15, -0.1) is 0 Å². The van der Waals surface area contributed by atoms with Crippen LogP contribution in [0.1, 0.15) is 44.8 Å². The van der Waals surface area contributed by atoms with Gasteiger partial charge in [-0.25, -0.2) is 13.4 Å². The zero-order valence-corrected chi connectivity index (χ0v) is 19.5. The first-order valence-electron chi connectivity index (χ1n) is 11.4. The Kier molecular flexibility index (Phi) is 4.93. The van der Waals surface area contributed by atoms with Crippen molar-refractivity contribution >= 4 is 27.2 Å². The van der Waals surface area contributed by atoms with Crippen molar-refractivity contribution in [3.8, 4) is 11.4 Å². The highest BCUT2D eigenvalue weighted by Gasteiger charge is 2.35. The lowest BCUT2D eigenvalue weighted by atomic mass is 10.0. The van der Waals surface area contributed by atoms with Gasteiger partial charge >= 0.3 is 0 Å². The van der Waals surface area contributed by atoms with Gasteiger partial charge in [0.1, 0.15) is 5.82 Å². The quantitative estimate of drug-likeness (QED) is 0.407. The Morgan fingerprint density at radius 2 is 1.69 bits per heavy atom. The van der Waals surface area contributed by atoms with Gasteiger partial charge in [-0.05, 0) is 73.9 Å². The second-order valence-corrected chi connectivity index (χ2v) is 10.6. The third-order valence-corrected chi connectivity index (χ3v) is 8.45. The van der Waals surface area contributed by atoms with Crippen LogP contribution in [-0.2, 0) is 22.8 Å². The second-order valence-electron chi connectivity index (χ2n) is 8.75. The zero-order chi connectivity index (χ0) is 24.2. The van der Waals surface area contributed by atoms with Crippen LogP contribution in [0.5, 0.6) is 0 Å². The Labute approximate surface area is 202 Å². The minimum Gasteiger partial charge on any atom is -0.328 e. The number of nitrogens with one attached hydrogen (secondary N) is 1. The summed E-state index contributed by atoms with van der Waals surface area (Å²) in [5.74, 6) is 0.0943. The Bertz CT molecular complexity index is 1620. The third kappa shape index (κ3) is 3.49. The predicted molar refractivity (Wildman–Crippen MR) is 130 cm³/mol. The molecule has 0 aliphatic carbocycles. The Hall–Kier alpha value is -4.04. The number of benzene rings is 3. The maximum Gasteiger partial charge on any atom is 0.255 e. The van der Waals surface area contributed by atoms with Crippen molar-refractivity contribution in [2.45, 2.75) is 35.6 Å². The van der Waals surface area contributed by atoms with E-state index in [2.05, 4.69) is 14.9 Å². The standard InChI is InChI=1S/C27H21N3O4S/c31-25-21-6-1-2-7-23(21)35(33,34)24-15-18(10-13-22(24)25)27(32)29-19-11-8-17(9-12-19)26-28-16-20-5-3-4-14-30(20)26/h1-2,6-13,15-16H,3-5,14H2,(H,29,32). The molecule has 0 saturated carbocycles. The summed E-state index contributed by atoms with van der Waals surface area (Å²) in [5, 5.41) is 2.81. The minimum atomic E-state index is -3.91. The number of hydrogen-bond donors (Lipinski definition) is 1. The number of rotatable bonds is 3. The Morgan fingerprint density at radius 1 is 0.914 bits per heavy atom. The molecule has 8 heteroatoms. The number of aryl methyl sites for hydroxylation is 1. The van der Waals surface area contributed by atoms with Crippen LogP contribution < -0.4 is 5.32 Å². The molecule has 3 aromatic carbocycles. The van der Waals surface area contributed by atoms with Crippen molar-refractivity contribution in [1.29, 1.82) is 0 Å². The molecule has 0 atom stereocenters. The number of imidazole rings is 1. The fraction of sp³-hybridized carbons (Fsp3) is 0.148. The predicted octanol–water partition coefficient (Wildman–Crippen LogP) is 4.52. The van der Waals surface area contributed by atoms with Crippen LogP contribution >= 0.6 is 0 Å². The molecule has 174 valence electrons. The van der Waals surface area contributed by atoms with E-state index in [0.717, 1.165) is 30.8 Å². The van der Waals surface area contributed by atoms with Gasteiger partial charge in [-0.1, -0.05) is 12.1 Å². The molecule has 0 spiro atoms. The first-order chi connectivity index (χ1) is 16.9. The molecule has 0 fully saturated rings. The molecule has 2 aliphatic rings. The van der Waals surface area contributed by atoms with E-state index in [-0.39, 0.29) is 32.3 Å². The molecule has 6 rings (SSSR count). The summed E-state index contributed by atoms with van der Waals surface area (Å²) in [6.45, 7) is 0.956. The van der Waals surface area contributed by atoms with E-state index in [1.54, 1.807) is 24.3 Å². The number of carbonyl (C=O) groups is 2. The molecule has 0 radical (unpaired) electrons. The SMILES string of the molecule is O=C(Nc1ccc(-c2ncc3n2CCCC3)cc1)c1ccc2c(c1)S(=O)(=O)c1ccccc1C2=O. The van der Waals surface area contributed by atoms with E-state index in [1.807, 2.05) is 18.3 Å². The highest BCUT2D eigenvalue weighted by atomic mass is 32.2. The van der Waals surface area contributed by atoms with Crippen molar-refractivity contribution < 1.29 is 18.0 Å². The van der Waals surface area contributed by atoms with E-state index in [1.165, 1.54) is 42.4 Å². The van der Waals surface area contributed by atoms with Crippen molar-refractivity contribution in [3.05, 3.63) is 95.3 Å². The maximum absolute atomic E-state index is 13.1. The monoisotopic (exact) mass is 483 g/mol. The highest BCUT2D eigenvalue weighted by Crippen LogP contribution is 2.35. The third-order valence-electron chi connectivity index (χ3n) is 6.60. The van der Waals surface area contributed by atoms with Gasteiger partial charge in [-0.3, -0.25) is 9.59 Å². The molecule has 1 amide bonds. The summed E-state index contributed by atoms with van der Waals surface area (Å²) in [7, 11) is -3.91. The van der Waals surface area contributed by atoms with Gasteiger partial charge in [0, 0.05) is 46.4 Å². The molecule has 0 unspecified atom stereocenters. The van der Waals surface area contributed by atoms with E-state index < -0.39 is 15.7 Å². The number of aromatic nitrogens is 2. The number of fused-ring (bicyclic) bond motifs is 3. The number of nitrogens with zero attached hydrogens (tertiary/aromatic N) is 2. The van der Waals surface area contributed by atoms with Crippen LogP contribution in [0.15, 0.2) is 82.7 Å². The number of carbonyl (C=O) groups excluding carboxylic acids is 2.